The van der Waals surface area contributed by atoms with Crippen molar-refractivity contribution >= 4 is 11.5 Å². The summed E-state index contributed by atoms with van der Waals surface area (Å²) in [4.78, 5) is 10.1. The van der Waals surface area contributed by atoms with E-state index < -0.39 is 11.9 Å². The summed E-state index contributed by atoms with van der Waals surface area (Å²) in [5, 5.41) is 4.35. The molecular weight excluding hydrogens is 371 g/mol. The fourth-order valence-corrected chi connectivity index (χ4v) is 3.44. The molecule has 4 heterocycles. The van der Waals surface area contributed by atoms with Gasteiger partial charge >= 0.3 is 6.18 Å². The summed E-state index contributed by atoms with van der Waals surface area (Å²) in [7, 11) is 0. The van der Waals surface area contributed by atoms with Crippen LogP contribution in [0.25, 0.3) is 5.65 Å². The lowest BCUT2D eigenvalue weighted by Gasteiger charge is -2.33. The number of aryl methyl sites for hydroxylation is 1. The van der Waals surface area contributed by atoms with Gasteiger partial charge in [0.15, 0.2) is 5.65 Å². The van der Waals surface area contributed by atoms with Crippen molar-refractivity contribution in [2.45, 2.75) is 25.9 Å². The smallest absolute Gasteiger partial charge is 0.433 e. The van der Waals surface area contributed by atoms with Gasteiger partial charge in [-0.15, -0.1) is 0 Å². The zero-order valence-corrected chi connectivity index (χ0v) is 15.4. The Kier molecular flexibility index (Phi) is 4.82. The minimum absolute atomic E-state index is 0.202. The summed E-state index contributed by atoms with van der Waals surface area (Å²) in [6, 6.07) is 6.30. The Morgan fingerprint density at radius 3 is 2.68 bits per heavy atom. The highest BCUT2D eigenvalue weighted by Gasteiger charge is 2.32. The van der Waals surface area contributed by atoms with Gasteiger partial charge in [0.25, 0.3) is 0 Å². The van der Waals surface area contributed by atoms with Gasteiger partial charge in [-0.1, -0.05) is 0 Å². The SMILES string of the molecule is Cc1cc(N2CCC(COc3ccnc(C(F)(F)F)c3)CC2)n2nccc2n1. The topological polar surface area (TPSA) is 55.5 Å². The van der Waals surface area contributed by atoms with Gasteiger partial charge in [-0.3, -0.25) is 4.98 Å². The van der Waals surface area contributed by atoms with Gasteiger partial charge in [0.2, 0.25) is 0 Å². The van der Waals surface area contributed by atoms with Crippen LogP contribution in [0.3, 0.4) is 0 Å². The molecule has 4 rings (SSSR count). The fourth-order valence-electron chi connectivity index (χ4n) is 3.44. The van der Waals surface area contributed by atoms with Crippen LogP contribution < -0.4 is 9.64 Å². The van der Waals surface area contributed by atoms with Crippen molar-refractivity contribution in [2.75, 3.05) is 24.6 Å². The van der Waals surface area contributed by atoms with E-state index in [0.29, 0.717) is 6.61 Å². The zero-order chi connectivity index (χ0) is 19.7. The van der Waals surface area contributed by atoms with Gasteiger partial charge in [0, 0.05) is 43.2 Å². The van der Waals surface area contributed by atoms with Crippen molar-refractivity contribution in [3.8, 4) is 5.75 Å². The molecule has 1 saturated heterocycles. The number of nitrogens with zero attached hydrogens (tertiary/aromatic N) is 5. The lowest BCUT2D eigenvalue weighted by Crippen LogP contribution is -2.36. The lowest BCUT2D eigenvalue weighted by molar-refractivity contribution is -0.141. The minimum Gasteiger partial charge on any atom is -0.493 e. The van der Waals surface area contributed by atoms with E-state index in [2.05, 4.69) is 20.0 Å². The molecule has 0 radical (unpaired) electrons. The van der Waals surface area contributed by atoms with Crippen LogP contribution in [0.1, 0.15) is 24.2 Å². The average Bonchev–Trinajstić information content (AvgIpc) is 3.14. The molecule has 0 spiro atoms. The van der Waals surface area contributed by atoms with Crippen LogP contribution in [0, 0.1) is 12.8 Å². The Hall–Kier alpha value is -2.84. The maximum atomic E-state index is 12.7. The standard InChI is InChI=1S/C19H20F3N5O/c1-13-10-18(27-17(25-13)3-7-24-27)26-8-4-14(5-9-26)12-28-15-2-6-23-16(11-15)19(20,21)22/h2-3,6-7,10-11,14H,4-5,8-9,12H2,1H3. The number of pyridine rings is 1. The highest BCUT2D eigenvalue weighted by atomic mass is 19.4. The second-order valence-corrected chi connectivity index (χ2v) is 6.97. The number of alkyl halides is 3. The van der Waals surface area contributed by atoms with E-state index in [9.17, 15) is 13.2 Å². The molecule has 28 heavy (non-hydrogen) atoms. The molecule has 0 atom stereocenters. The van der Waals surface area contributed by atoms with Crippen molar-refractivity contribution < 1.29 is 17.9 Å². The van der Waals surface area contributed by atoms with E-state index in [-0.39, 0.29) is 11.7 Å². The van der Waals surface area contributed by atoms with Crippen molar-refractivity contribution in [1.82, 2.24) is 19.6 Å². The number of piperidine rings is 1. The van der Waals surface area contributed by atoms with E-state index in [0.717, 1.165) is 55.4 Å². The van der Waals surface area contributed by atoms with Gasteiger partial charge < -0.3 is 9.64 Å². The van der Waals surface area contributed by atoms with Crippen LogP contribution in [-0.4, -0.2) is 39.3 Å². The van der Waals surface area contributed by atoms with Gasteiger partial charge in [0.05, 0.1) is 12.8 Å². The second kappa shape index (κ2) is 7.29. The number of fused-ring (bicyclic) bond motifs is 1. The molecule has 1 aliphatic heterocycles. The third-order valence-corrected chi connectivity index (χ3v) is 4.91. The Morgan fingerprint density at radius 2 is 1.93 bits per heavy atom. The summed E-state index contributed by atoms with van der Waals surface area (Å²) in [6.07, 6.45) is 0.172. The summed E-state index contributed by atoms with van der Waals surface area (Å²) < 4.78 is 45.7. The predicted octanol–water partition coefficient (Wildman–Crippen LogP) is 3.75. The molecule has 0 amide bonds. The summed E-state index contributed by atoms with van der Waals surface area (Å²) in [5.74, 6) is 1.50. The lowest BCUT2D eigenvalue weighted by atomic mass is 9.98. The molecule has 0 unspecified atom stereocenters. The van der Waals surface area contributed by atoms with Gasteiger partial charge in [-0.2, -0.15) is 22.8 Å². The predicted molar refractivity (Wildman–Crippen MR) is 97.4 cm³/mol. The zero-order valence-electron chi connectivity index (χ0n) is 15.4. The van der Waals surface area contributed by atoms with E-state index in [4.69, 9.17) is 4.74 Å². The van der Waals surface area contributed by atoms with E-state index in [1.54, 1.807) is 6.20 Å². The Morgan fingerprint density at radius 1 is 1.14 bits per heavy atom. The van der Waals surface area contributed by atoms with Crippen LogP contribution >= 0.6 is 0 Å². The first-order chi connectivity index (χ1) is 13.4. The quantitative estimate of drug-likeness (QED) is 0.678. The number of hydrogen-bond donors (Lipinski definition) is 0. The Balaban J connectivity index is 1.36. The summed E-state index contributed by atoms with van der Waals surface area (Å²) in [6.45, 7) is 4.01. The largest absolute Gasteiger partial charge is 0.493 e. The molecule has 0 bridgehead atoms. The first-order valence-electron chi connectivity index (χ1n) is 9.12. The Bertz CT molecular complexity index is 964. The maximum absolute atomic E-state index is 12.7. The third-order valence-electron chi connectivity index (χ3n) is 4.91. The summed E-state index contributed by atoms with van der Waals surface area (Å²) >= 11 is 0. The van der Waals surface area contributed by atoms with Gasteiger partial charge in [-0.25, -0.2) is 4.98 Å². The monoisotopic (exact) mass is 391 g/mol. The molecule has 0 aromatic carbocycles. The first kappa shape index (κ1) is 18.5. The number of rotatable bonds is 4. The Labute approximate surface area is 160 Å². The van der Waals surface area contributed by atoms with Crippen molar-refractivity contribution in [3.05, 3.63) is 48.0 Å². The van der Waals surface area contributed by atoms with Crippen molar-refractivity contribution in [1.29, 1.82) is 0 Å². The molecule has 6 nitrogen and oxygen atoms in total. The van der Waals surface area contributed by atoms with Crippen LogP contribution in [-0.2, 0) is 6.18 Å². The van der Waals surface area contributed by atoms with Gasteiger partial charge in [0.1, 0.15) is 17.3 Å². The van der Waals surface area contributed by atoms with E-state index in [1.165, 1.54) is 6.07 Å². The van der Waals surface area contributed by atoms with E-state index >= 15 is 0 Å². The molecular formula is C19H20F3N5O. The number of halogens is 3. The van der Waals surface area contributed by atoms with E-state index in [1.807, 2.05) is 23.6 Å². The first-order valence-corrected chi connectivity index (χ1v) is 9.12. The molecule has 9 heteroatoms. The van der Waals surface area contributed by atoms with Gasteiger partial charge in [-0.05, 0) is 31.7 Å². The molecule has 3 aromatic heterocycles. The average molecular weight is 391 g/mol. The highest BCUT2D eigenvalue weighted by Crippen LogP contribution is 2.30. The minimum atomic E-state index is -4.47. The molecule has 0 aliphatic carbocycles. The van der Waals surface area contributed by atoms with Crippen LogP contribution in [0.2, 0.25) is 0 Å². The second-order valence-electron chi connectivity index (χ2n) is 6.97. The fraction of sp³-hybridized carbons (Fsp3) is 0.421. The highest BCUT2D eigenvalue weighted by molar-refractivity contribution is 5.50. The van der Waals surface area contributed by atoms with Crippen molar-refractivity contribution in [3.63, 3.8) is 0 Å². The van der Waals surface area contributed by atoms with Crippen LogP contribution in [0.5, 0.6) is 5.75 Å². The molecule has 0 saturated carbocycles. The van der Waals surface area contributed by atoms with Crippen LogP contribution in [0.4, 0.5) is 19.0 Å². The number of anilines is 1. The summed E-state index contributed by atoms with van der Waals surface area (Å²) in [5.41, 5.74) is 0.821. The number of aromatic nitrogens is 4. The number of ether oxygens (including phenoxy) is 1. The molecule has 3 aromatic rings. The maximum Gasteiger partial charge on any atom is 0.433 e. The molecule has 1 fully saturated rings. The van der Waals surface area contributed by atoms with Crippen molar-refractivity contribution in [2.24, 2.45) is 5.92 Å². The molecule has 1 aliphatic rings. The molecule has 148 valence electrons. The normalized spacial score (nSPS) is 15.9. The molecule has 0 N–H and O–H groups in total. The number of hydrogen-bond acceptors (Lipinski definition) is 5. The van der Waals surface area contributed by atoms with Crippen LogP contribution in [0.15, 0.2) is 36.7 Å². The third kappa shape index (κ3) is 3.88.